The number of anilines is 1. The van der Waals surface area contributed by atoms with Crippen molar-refractivity contribution in [3.63, 3.8) is 0 Å². The lowest BCUT2D eigenvalue weighted by molar-refractivity contribution is 0.0746. The van der Waals surface area contributed by atoms with Gasteiger partial charge in [-0.15, -0.1) is 0 Å². The molecule has 2 heterocycles. The number of pyridine rings is 1. The first-order valence-electron chi connectivity index (χ1n) is 11.5. The van der Waals surface area contributed by atoms with E-state index < -0.39 is 21.5 Å². The van der Waals surface area contributed by atoms with E-state index in [1.165, 1.54) is 6.07 Å². The summed E-state index contributed by atoms with van der Waals surface area (Å²) in [7, 11) is -3.65. The number of amides is 1. The number of rotatable bonds is 5. The summed E-state index contributed by atoms with van der Waals surface area (Å²) in [6.07, 6.45) is 1.57. The Morgan fingerprint density at radius 2 is 1.58 bits per heavy atom. The zero-order valence-corrected chi connectivity index (χ0v) is 20.1. The monoisotopic (exact) mass is 507 g/mol. The van der Waals surface area contributed by atoms with Crippen molar-refractivity contribution < 1.29 is 22.0 Å². The van der Waals surface area contributed by atoms with Gasteiger partial charge in [-0.25, -0.2) is 17.2 Å². The number of carbonyl (C=O) groups excluding carboxylic acids is 1. The standard InChI is InChI=1S/C27H23F2N3O3S/c28-23-11-10-22(17-24(23)29)31-13-15-32(16-14-31)27(33)21-8-6-19(7-9-21)18-36(34,35)25-5-1-3-20-4-2-12-30-26(20)25/h1-12,17H,13-16,18H2. The van der Waals surface area contributed by atoms with Crippen LogP contribution in [0.5, 0.6) is 0 Å². The summed E-state index contributed by atoms with van der Waals surface area (Å²) < 4.78 is 53.0. The van der Waals surface area contributed by atoms with E-state index in [9.17, 15) is 22.0 Å². The number of para-hydroxylation sites is 1. The van der Waals surface area contributed by atoms with Gasteiger partial charge in [-0.05, 0) is 42.0 Å². The molecule has 1 fully saturated rings. The molecule has 36 heavy (non-hydrogen) atoms. The highest BCUT2D eigenvalue weighted by atomic mass is 32.2. The zero-order valence-electron chi connectivity index (χ0n) is 19.3. The number of hydrogen-bond donors (Lipinski definition) is 0. The quantitative estimate of drug-likeness (QED) is 0.399. The molecular formula is C27H23F2N3O3S. The third kappa shape index (κ3) is 4.79. The third-order valence-corrected chi connectivity index (χ3v) is 8.04. The minimum Gasteiger partial charge on any atom is -0.368 e. The minimum absolute atomic E-state index is 0.160. The van der Waals surface area contributed by atoms with Crippen LogP contribution in [0.1, 0.15) is 15.9 Å². The number of fused-ring (bicyclic) bond motifs is 1. The van der Waals surface area contributed by atoms with Gasteiger partial charge in [0.2, 0.25) is 0 Å². The Morgan fingerprint density at radius 3 is 2.31 bits per heavy atom. The number of halogens is 2. The van der Waals surface area contributed by atoms with Crippen molar-refractivity contribution >= 4 is 32.3 Å². The number of piperazine rings is 1. The van der Waals surface area contributed by atoms with E-state index in [4.69, 9.17) is 0 Å². The number of benzene rings is 3. The Kier molecular flexibility index (Phi) is 6.40. The lowest BCUT2D eigenvalue weighted by Gasteiger charge is -2.36. The third-order valence-electron chi connectivity index (χ3n) is 6.32. The molecule has 9 heteroatoms. The molecule has 1 amide bonds. The second-order valence-electron chi connectivity index (χ2n) is 8.66. The van der Waals surface area contributed by atoms with E-state index >= 15 is 0 Å². The molecule has 1 saturated heterocycles. The fourth-order valence-corrected chi connectivity index (χ4v) is 5.94. The van der Waals surface area contributed by atoms with Crippen LogP contribution in [0.25, 0.3) is 10.9 Å². The van der Waals surface area contributed by atoms with Crippen molar-refractivity contribution in [2.75, 3.05) is 31.1 Å². The summed E-state index contributed by atoms with van der Waals surface area (Å²) in [5.41, 5.74) is 2.05. The number of nitrogens with zero attached hydrogens (tertiary/aromatic N) is 3. The van der Waals surface area contributed by atoms with Crippen LogP contribution in [-0.2, 0) is 15.6 Å². The molecule has 184 valence electrons. The van der Waals surface area contributed by atoms with Crippen LogP contribution in [0.4, 0.5) is 14.5 Å². The van der Waals surface area contributed by atoms with Crippen LogP contribution in [0, 0.1) is 11.6 Å². The molecule has 3 aromatic carbocycles. The average molecular weight is 508 g/mol. The molecule has 1 aliphatic rings. The van der Waals surface area contributed by atoms with E-state index in [0.29, 0.717) is 48.5 Å². The van der Waals surface area contributed by atoms with E-state index in [1.54, 1.807) is 53.6 Å². The maximum absolute atomic E-state index is 13.6. The molecule has 0 unspecified atom stereocenters. The van der Waals surface area contributed by atoms with Crippen molar-refractivity contribution in [3.05, 3.63) is 102 Å². The van der Waals surface area contributed by atoms with E-state index in [1.807, 2.05) is 17.0 Å². The highest BCUT2D eigenvalue weighted by molar-refractivity contribution is 7.90. The van der Waals surface area contributed by atoms with Crippen molar-refractivity contribution in [2.24, 2.45) is 0 Å². The van der Waals surface area contributed by atoms with Gasteiger partial charge >= 0.3 is 0 Å². The van der Waals surface area contributed by atoms with Crippen LogP contribution >= 0.6 is 0 Å². The fraction of sp³-hybridized carbons (Fsp3) is 0.185. The van der Waals surface area contributed by atoms with Gasteiger partial charge in [0.15, 0.2) is 21.5 Å². The van der Waals surface area contributed by atoms with Gasteiger partial charge in [0.05, 0.1) is 16.2 Å². The first kappa shape index (κ1) is 23.9. The van der Waals surface area contributed by atoms with Gasteiger partial charge in [0.1, 0.15) is 0 Å². The lowest BCUT2D eigenvalue weighted by Crippen LogP contribution is -2.48. The molecule has 0 N–H and O–H groups in total. The molecule has 5 rings (SSSR count). The number of hydrogen-bond acceptors (Lipinski definition) is 5. The molecular weight excluding hydrogens is 484 g/mol. The van der Waals surface area contributed by atoms with Gasteiger partial charge < -0.3 is 9.80 Å². The van der Waals surface area contributed by atoms with Gasteiger partial charge in [0.25, 0.3) is 5.91 Å². The smallest absolute Gasteiger partial charge is 0.253 e. The average Bonchev–Trinajstić information content (AvgIpc) is 2.90. The fourth-order valence-electron chi connectivity index (χ4n) is 4.40. The maximum atomic E-state index is 13.6. The van der Waals surface area contributed by atoms with Crippen LogP contribution < -0.4 is 4.90 Å². The summed E-state index contributed by atoms with van der Waals surface area (Å²) in [4.78, 5) is 21.0. The highest BCUT2D eigenvalue weighted by Gasteiger charge is 2.24. The van der Waals surface area contributed by atoms with Gasteiger partial charge in [-0.2, -0.15) is 0 Å². The number of aromatic nitrogens is 1. The van der Waals surface area contributed by atoms with Crippen molar-refractivity contribution in [3.8, 4) is 0 Å². The SMILES string of the molecule is O=C(c1ccc(CS(=O)(=O)c2cccc3cccnc23)cc1)N1CCN(c2ccc(F)c(F)c2)CC1. The molecule has 0 bridgehead atoms. The first-order chi connectivity index (χ1) is 17.3. The van der Waals surface area contributed by atoms with E-state index in [-0.39, 0.29) is 16.6 Å². The molecule has 4 aromatic rings. The molecule has 0 aliphatic carbocycles. The molecule has 1 aromatic heterocycles. The van der Waals surface area contributed by atoms with Gasteiger partial charge in [-0.1, -0.05) is 30.3 Å². The Hall–Kier alpha value is -3.85. The Bertz CT molecular complexity index is 1530. The molecule has 0 spiro atoms. The topological polar surface area (TPSA) is 70.6 Å². The Balaban J connectivity index is 1.25. The number of sulfone groups is 1. The summed E-state index contributed by atoms with van der Waals surface area (Å²) in [5, 5.41) is 0.754. The predicted octanol–water partition coefficient (Wildman–Crippen LogP) is 4.45. The molecule has 0 radical (unpaired) electrons. The molecule has 6 nitrogen and oxygen atoms in total. The summed E-state index contributed by atoms with van der Waals surface area (Å²) in [6.45, 7) is 1.85. The van der Waals surface area contributed by atoms with Gasteiger partial charge in [0, 0.05) is 55.1 Å². The van der Waals surface area contributed by atoms with Crippen LogP contribution in [0.15, 0.2) is 83.9 Å². The van der Waals surface area contributed by atoms with Crippen molar-refractivity contribution in [2.45, 2.75) is 10.6 Å². The normalized spacial score (nSPS) is 14.3. The van der Waals surface area contributed by atoms with Crippen molar-refractivity contribution in [1.82, 2.24) is 9.88 Å². The zero-order chi connectivity index (χ0) is 25.3. The summed E-state index contributed by atoms with van der Waals surface area (Å²) >= 11 is 0. The maximum Gasteiger partial charge on any atom is 0.253 e. The van der Waals surface area contributed by atoms with Crippen LogP contribution in [0.3, 0.4) is 0 Å². The molecule has 0 saturated carbocycles. The Morgan fingerprint density at radius 1 is 0.861 bits per heavy atom. The largest absolute Gasteiger partial charge is 0.368 e. The first-order valence-corrected chi connectivity index (χ1v) is 13.1. The highest BCUT2D eigenvalue weighted by Crippen LogP contribution is 2.25. The van der Waals surface area contributed by atoms with Crippen LogP contribution in [0.2, 0.25) is 0 Å². The summed E-state index contributed by atoms with van der Waals surface area (Å²) in [6, 6.07) is 19.0. The lowest BCUT2D eigenvalue weighted by atomic mass is 10.1. The second kappa shape index (κ2) is 9.66. The molecule has 1 aliphatic heterocycles. The second-order valence-corrected chi connectivity index (χ2v) is 10.6. The summed E-state index contributed by atoms with van der Waals surface area (Å²) in [5.74, 6) is -2.15. The van der Waals surface area contributed by atoms with E-state index in [2.05, 4.69) is 4.98 Å². The van der Waals surface area contributed by atoms with E-state index in [0.717, 1.165) is 17.5 Å². The molecule has 0 atom stereocenters. The number of carbonyl (C=O) groups is 1. The van der Waals surface area contributed by atoms with Crippen molar-refractivity contribution in [1.29, 1.82) is 0 Å². The minimum atomic E-state index is -3.65. The Labute approximate surface area is 207 Å². The van der Waals surface area contributed by atoms with Gasteiger partial charge in [-0.3, -0.25) is 9.78 Å². The predicted molar refractivity (Wildman–Crippen MR) is 134 cm³/mol. The van der Waals surface area contributed by atoms with Crippen LogP contribution in [-0.4, -0.2) is 50.4 Å².